The molecular formula is C16H20O6. The fraction of sp³-hybridized carbons (Fsp3) is 1.00. The molecule has 0 amide bonds. The molecule has 0 aromatic carbocycles. The van der Waals surface area contributed by atoms with Crippen molar-refractivity contribution >= 4 is 0 Å². The Labute approximate surface area is 127 Å². The average molecular weight is 308 g/mol. The summed E-state index contributed by atoms with van der Waals surface area (Å²) in [5, 5.41) is 44.1. The standard InChI is InChI=1S/C16H20O6/c1-13(19)15-5-3-4-6(10(18)11(21-13)7(4)15)16(15)8(3)12(9(5)17)22-14(16,2)20/h3-12,17-20H,1-2H3/t3-,4+,5-,6+,7+,8-,9-,10+,11-,12-,13-,14+,15-,16+/m0/s1. The molecule has 8 bridgehead atoms. The lowest BCUT2D eigenvalue weighted by Crippen LogP contribution is -2.68. The maximum Gasteiger partial charge on any atom is 0.170 e. The van der Waals surface area contributed by atoms with Crippen molar-refractivity contribution in [2.45, 2.75) is 49.8 Å². The first-order valence-corrected chi connectivity index (χ1v) is 8.41. The summed E-state index contributed by atoms with van der Waals surface area (Å²) in [4.78, 5) is 0. The number of aliphatic hydroxyl groups excluding tert-OH is 2. The van der Waals surface area contributed by atoms with Crippen LogP contribution in [0.4, 0.5) is 0 Å². The van der Waals surface area contributed by atoms with E-state index in [9.17, 15) is 20.4 Å². The SMILES string of the molecule is C[C@]1(O)O[C@@H]2[C@H](O)[C@H]3[C@H]4[C@H]5[C@H]6[C@H](O)[C@H]7O[C@@](C)(O)[C@@]3([C@H]75)[C@]61[C@@H]24. The fourth-order valence-corrected chi connectivity index (χ4v) is 9.97. The lowest BCUT2D eigenvalue weighted by molar-refractivity contribution is -0.308. The summed E-state index contributed by atoms with van der Waals surface area (Å²) in [5.74, 6) is -2.53. The second-order valence-electron chi connectivity index (χ2n) is 9.11. The molecule has 120 valence electrons. The molecule has 2 spiro atoms. The third-order valence-electron chi connectivity index (χ3n) is 9.27. The molecule has 0 unspecified atom stereocenters. The van der Waals surface area contributed by atoms with Crippen molar-refractivity contribution in [1.82, 2.24) is 0 Å². The van der Waals surface area contributed by atoms with E-state index in [4.69, 9.17) is 9.47 Å². The minimum absolute atomic E-state index is 0.0255. The molecule has 6 aliphatic carbocycles. The third-order valence-corrected chi connectivity index (χ3v) is 9.27. The van der Waals surface area contributed by atoms with Crippen LogP contribution in [0.1, 0.15) is 13.8 Å². The second kappa shape index (κ2) is 2.61. The highest BCUT2D eigenvalue weighted by molar-refractivity contribution is 5.49. The van der Waals surface area contributed by atoms with Crippen LogP contribution in [0.15, 0.2) is 0 Å². The molecule has 22 heavy (non-hydrogen) atoms. The molecule has 6 heteroatoms. The quantitative estimate of drug-likeness (QED) is 0.442. The fourth-order valence-electron chi connectivity index (χ4n) is 9.97. The van der Waals surface area contributed by atoms with Crippen LogP contribution < -0.4 is 0 Å². The minimum atomic E-state index is -1.44. The number of hydrogen-bond acceptors (Lipinski definition) is 6. The minimum Gasteiger partial charge on any atom is -0.390 e. The van der Waals surface area contributed by atoms with Crippen LogP contribution in [-0.4, -0.2) is 56.4 Å². The lowest BCUT2D eigenvalue weighted by atomic mass is 9.45. The normalized spacial score (nSPS) is 87.0. The molecule has 14 atom stereocenters. The van der Waals surface area contributed by atoms with Crippen LogP contribution in [0.5, 0.6) is 0 Å². The highest BCUT2D eigenvalue weighted by atomic mass is 16.7. The maximum absolute atomic E-state index is 11.2. The van der Waals surface area contributed by atoms with Gasteiger partial charge in [-0.25, -0.2) is 0 Å². The van der Waals surface area contributed by atoms with E-state index in [1.165, 1.54) is 0 Å². The third kappa shape index (κ3) is 0.634. The lowest BCUT2D eigenvalue weighted by Gasteiger charge is -2.57. The Morgan fingerprint density at radius 1 is 0.682 bits per heavy atom. The molecule has 6 saturated carbocycles. The Morgan fingerprint density at radius 2 is 1.05 bits per heavy atom. The Kier molecular flexibility index (Phi) is 1.44. The maximum atomic E-state index is 11.2. The van der Waals surface area contributed by atoms with E-state index in [0.29, 0.717) is 0 Å². The topological polar surface area (TPSA) is 99.4 Å². The van der Waals surface area contributed by atoms with Gasteiger partial charge in [0.05, 0.1) is 24.4 Å². The van der Waals surface area contributed by atoms with Gasteiger partial charge in [-0.05, 0) is 25.7 Å². The van der Waals surface area contributed by atoms with Crippen molar-refractivity contribution in [3.8, 4) is 0 Å². The molecule has 0 aromatic rings. The summed E-state index contributed by atoms with van der Waals surface area (Å²) in [6, 6.07) is 0. The van der Waals surface area contributed by atoms with Crippen molar-refractivity contribution in [3.63, 3.8) is 0 Å². The van der Waals surface area contributed by atoms with Crippen molar-refractivity contribution in [2.75, 3.05) is 0 Å². The first-order valence-electron chi connectivity index (χ1n) is 8.41. The predicted octanol–water partition coefficient (Wildman–Crippen LogP) is -1.34. The zero-order chi connectivity index (χ0) is 15.2. The summed E-state index contributed by atoms with van der Waals surface area (Å²) in [5.41, 5.74) is -1.38. The largest absolute Gasteiger partial charge is 0.390 e. The molecule has 2 saturated heterocycles. The van der Waals surface area contributed by atoms with Gasteiger partial charge in [0.15, 0.2) is 11.6 Å². The van der Waals surface area contributed by atoms with E-state index >= 15 is 0 Å². The van der Waals surface area contributed by atoms with Crippen molar-refractivity contribution < 1.29 is 29.9 Å². The molecule has 8 fully saturated rings. The highest BCUT2D eigenvalue weighted by Crippen LogP contribution is 2.99. The Morgan fingerprint density at radius 3 is 1.41 bits per heavy atom. The van der Waals surface area contributed by atoms with Crippen LogP contribution >= 0.6 is 0 Å². The van der Waals surface area contributed by atoms with E-state index in [-0.39, 0.29) is 47.7 Å². The van der Waals surface area contributed by atoms with Crippen molar-refractivity contribution in [1.29, 1.82) is 0 Å². The second-order valence-corrected chi connectivity index (χ2v) is 9.11. The molecule has 8 rings (SSSR count). The first kappa shape index (κ1) is 12.2. The van der Waals surface area contributed by atoms with Gasteiger partial charge >= 0.3 is 0 Å². The molecule has 0 aromatic heterocycles. The monoisotopic (exact) mass is 308 g/mol. The van der Waals surface area contributed by atoms with Crippen LogP contribution in [0.3, 0.4) is 0 Å². The Bertz CT molecular complexity index is 605. The van der Waals surface area contributed by atoms with Crippen LogP contribution in [0.2, 0.25) is 0 Å². The number of rotatable bonds is 0. The molecule has 2 aliphatic heterocycles. The van der Waals surface area contributed by atoms with Gasteiger partial charge in [-0.15, -0.1) is 0 Å². The summed E-state index contributed by atoms with van der Waals surface area (Å²) in [6.45, 7) is 3.33. The Balaban J connectivity index is 1.67. The van der Waals surface area contributed by atoms with Crippen molar-refractivity contribution in [2.24, 2.45) is 46.3 Å². The zero-order valence-corrected chi connectivity index (χ0v) is 12.4. The van der Waals surface area contributed by atoms with Gasteiger partial charge in [-0.3, -0.25) is 0 Å². The average Bonchev–Trinajstić information content (AvgIpc) is 3.17. The van der Waals surface area contributed by atoms with E-state index in [1.54, 1.807) is 13.8 Å². The van der Waals surface area contributed by atoms with Gasteiger partial charge in [0, 0.05) is 34.5 Å². The van der Waals surface area contributed by atoms with Gasteiger partial charge in [-0.1, -0.05) is 0 Å². The van der Waals surface area contributed by atoms with E-state index in [2.05, 4.69) is 0 Å². The first-order chi connectivity index (χ1) is 10.2. The van der Waals surface area contributed by atoms with Gasteiger partial charge in [0.1, 0.15) is 0 Å². The van der Waals surface area contributed by atoms with Gasteiger partial charge in [-0.2, -0.15) is 0 Å². The van der Waals surface area contributed by atoms with Gasteiger partial charge in [0.2, 0.25) is 0 Å². The predicted molar refractivity (Wildman–Crippen MR) is 68.8 cm³/mol. The van der Waals surface area contributed by atoms with E-state index in [1.807, 2.05) is 0 Å². The van der Waals surface area contributed by atoms with Crippen LogP contribution in [-0.2, 0) is 9.47 Å². The van der Waals surface area contributed by atoms with E-state index in [0.717, 1.165) is 0 Å². The molecule has 2 heterocycles. The summed E-state index contributed by atoms with van der Waals surface area (Å²) in [6.07, 6.45) is -2.06. The molecule has 6 nitrogen and oxygen atoms in total. The smallest absolute Gasteiger partial charge is 0.170 e. The molecular weight excluding hydrogens is 288 g/mol. The van der Waals surface area contributed by atoms with Crippen LogP contribution in [0.25, 0.3) is 0 Å². The van der Waals surface area contributed by atoms with Crippen molar-refractivity contribution in [3.05, 3.63) is 0 Å². The zero-order valence-electron chi connectivity index (χ0n) is 12.4. The molecule has 0 radical (unpaired) electrons. The molecule has 4 N–H and O–H groups in total. The molecule has 8 aliphatic rings. The summed E-state index contributed by atoms with van der Waals surface area (Å²) >= 11 is 0. The number of hydrogen-bond donors (Lipinski definition) is 4. The van der Waals surface area contributed by atoms with Gasteiger partial charge in [0.25, 0.3) is 0 Å². The highest BCUT2D eigenvalue weighted by Gasteiger charge is 3.06. The van der Waals surface area contributed by atoms with Crippen LogP contribution in [0, 0.1) is 46.3 Å². The Hall–Kier alpha value is -0.240. The number of aliphatic hydroxyl groups is 4. The van der Waals surface area contributed by atoms with E-state index < -0.39 is 34.6 Å². The van der Waals surface area contributed by atoms with Gasteiger partial charge < -0.3 is 29.9 Å². The number of ether oxygens (including phenoxy) is 2. The summed E-state index contributed by atoms with van der Waals surface area (Å²) in [7, 11) is 0. The summed E-state index contributed by atoms with van der Waals surface area (Å²) < 4.78 is 11.9.